The largest absolute Gasteiger partial charge is 0.381 e. The fraction of sp³-hybridized carbons (Fsp3) is 0.846. The smallest absolute Gasteiger partial charge is 0.232 e. The molecule has 2 heterocycles. The molecule has 6 heteroatoms. The molecule has 1 saturated heterocycles. The van der Waals surface area contributed by atoms with E-state index in [1.165, 1.54) is 6.42 Å². The number of hydrogen-bond acceptors (Lipinski definition) is 6. The summed E-state index contributed by atoms with van der Waals surface area (Å²) in [6.45, 7) is 1.95. The van der Waals surface area contributed by atoms with Crippen LogP contribution in [0, 0.1) is 0 Å². The highest BCUT2D eigenvalue weighted by atomic mass is 16.5. The van der Waals surface area contributed by atoms with Crippen molar-refractivity contribution >= 4 is 0 Å². The van der Waals surface area contributed by atoms with E-state index in [9.17, 15) is 0 Å². The highest BCUT2D eigenvalue weighted by molar-refractivity contribution is 4.98. The lowest BCUT2D eigenvalue weighted by molar-refractivity contribution is -0.00549. The van der Waals surface area contributed by atoms with Crippen molar-refractivity contribution in [1.29, 1.82) is 0 Å². The van der Waals surface area contributed by atoms with Gasteiger partial charge < -0.3 is 19.7 Å². The Morgan fingerprint density at radius 2 is 2.21 bits per heavy atom. The molecule has 2 unspecified atom stereocenters. The van der Waals surface area contributed by atoms with Crippen LogP contribution in [0.25, 0.3) is 0 Å². The van der Waals surface area contributed by atoms with E-state index in [-0.39, 0.29) is 12.0 Å². The van der Waals surface area contributed by atoms with Crippen molar-refractivity contribution in [1.82, 2.24) is 10.1 Å². The average molecular weight is 267 g/mol. The van der Waals surface area contributed by atoms with E-state index in [1.54, 1.807) is 0 Å². The standard InChI is InChI=1S/C13H21N3O3/c14-11(8-18-10-4-1-5-10)12-15-13(19-16-12)9-3-2-6-17-7-9/h9-11H,1-8,14H2. The summed E-state index contributed by atoms with van der Waals surface area (Å²) in [6.07, 6.45) is 6.00. The normalized spacial score (nSPS) is 26.1. The lowest BCUT2D eigenvalue weighted by Gasteiger charge is -2.26. The third-order valence-corrected chi connectivity index (χ3v) is 3.86. The van der Waals surface area contributed by atoms with Crippen molar-refractivity contribution in [2.24, 2.45) is 5.73 Å². The molecule has 0 spiro atoms. The van der Waals surface area contributed by atoms with Gasteiger partial charge in [-0.15, -0.1) is 0 Å². The van der Waals surface area contributed by atoms with Crippen molar-refractivity contribution in [3.63, 3.8) is 0 Å². The van der Waals surface area contributed by atoms with Gasteiger partial charge in [-0.1, -0.05) is 5.16 Å². The van der Waals surface area contributed by atoms with Crippen molar-refractivity contribution < 1.29 is 14.0 Å². The molecule has 1 aromatic rings. The zero-order valence-corrected chi connectivity index (χ0v) is 11.1. The molecule has 0 amide bonds. The Morgan fingerprint density at radius 3 is 2.89 bits per heavy atom. The Labute approximate surface area is 112 Å². The van der Waals surface area contributed by atoms with Crippen LogP contribution in [-0.4, -0.2) is 36.1 Å². The predicted molar refractivity (Wildman–Crippen MR) is 67.6 cm³/mol. The van der Waals surface area contributed by atoms with E-state index in [0.29, 0.717) is 31.0 Å². The van der Waals surface area contributed by atoms with Crippen LogP contribution in [0.2, 0.25) is 0 Å². The summed E-state index contributed by atoms with van der Waals surface area (Å²) in [5.41, 5.74) is 6.02. The van der Waals surface area contributed by atoms with Gasteiger partial charge in [0.1, 0.15) is 0 Å². The van der Waals surface area contributed by atoms with Crippen molar-refractivity contribution in [2.45, 2.75) is 50.2 Å². The van der Waals surface area contributed by atoms with Crippen molar-refractivity contribution in [3.8, 4) is 0 Å². The van der Waals surface area contributed by atoms with Gasteiger partial charge in [-0.3, -0.25) is 0 Å². The van der Waals surface area contributed by atoms with Gasteiger partial charge in [-0.25, -0.2) is 0 Å². The predicted octanol–water partition coefficient (Wildman–Crippen LogP) is 1.53. The number of aromatic nitrogens is 2. The van der Waals surface area contributed by atoms with Crippen LogP contribution in [0.3, 0.4) is 0 Å². The van der Waals surface area contributed by atoms with Crippen LogP contribution >= 0.6 is 0 Å². The Balaban J connectivity index is 1.53. The first-order valence-corrected chi connectivity index (χ1v) is 7.11. The van der Waals surface area contributed by atoms with E-state index < -0.39 is 0 Å². The minimum Gasteiger partial charge on any atom is -0.381 e. The molecule has 2 fully saturated rings. The minimum atomic E-state index is -0.303. The average Bonchev–Trinajstić information content (AvgIpc) is 2.87. The summed E-state index contributed by atoms with van der Waals surface area (Å²) in [4.78, 5) is 4.39. The second-order valence-corrected chi connectivity index (χ2v) is 5.40. The zero-order valence-electron chi connectivity index (χ0n) is 11.1. The molecule has 1 aliphatic carbocycles. The maximum Gasteiger partial charge on any atom is 0.232 e. The second kappa shape index (κ2) is 5.98. The molecule has 1 aliphatic heterocycles. The first kappa shape index (κ1) is 13.0. The highest BCUT2D eigenvalue weighted by Crippen LogP contribution is 2.25. The maximum absolute atomic E-state index is 6.02. The topological polar surface area (TPSA) is 83.4 Å². The molecule has 2 atom stereocenters. The SMILES string of the molecule is NC(COC1CCC1)c1noc(C2CCCOC2)n1. The lowest BCUT2D eigenvalue weighted by Crippen LogP contribution is -2.27. The zero-order chi connectivity index (χ0) is 13.1. The van der Waals surface area contributed by atoms with Crippen LogP contribution in [0.1, 0.15) is 55.8 Å². The van der Waals surface area contributed by atoms with Crippen molar-refractivity contribution in [3.05, 3.63) is 11.7 Å². The first-order chi connectivity index (χ1) is 9.33. The Bertz CT molecular complexity index is 400. The molecule has 0 bridgehead atoms. The van der Waals surface area contributed by atoms with Crippen LogP contribution < -0.4 is 5.73 Å². The number of hydrogen-bond donors (Lipinski definition) is 1. The number of nitrogens with zero attached hydrogens (tertiary/aromatic N) is 2. The third-order valence-electron chi connectivity index (χ3n) is 3.86. The van der Waals surface area contributed by atoms with Gasteiger partial charge in [0.25, 0.3) is 0 Å². The molecule has 6 nitrogen and oxygen atoms in total. The molecule has 19 heavy (non-hydrogen) atoms. The Kier molecular flexibility index (Phi) is 4.10. The quantitative estimate of drug-likeness (QED) is 0.871. The molecule has 106 valence electrons. The second-order valence-electron chi connectivity index (χ2n) is 5.40. The fourth-order valence-electron chi connectivity index (χ4n) is 2.35. The van der Waals surface area contributed by atoms with Gasteiger partial charge in [0, 0.05) is 6.61 Å². The molecule has 2 aliphatic rings. The molecular weight excluding hydrogens is 246 g/mol. The number of nitrogens with two attached hydrogens (primary N) is 1. The summed E-state index contributed by atoms with van der Waals surface area (Å²) in [5.74, 6) is 1.41. The Morgan fingerprint density at radius 1 is 1.32 bits per heavy atom. The summed E-state index contributed by atoms with van der Waals surface area (Å²) in [7, 11) is 0. The fourth-order valence-corrected chi connectivity index (χ4v) is 2.35. The summed E-state index contributed by atoms with van der Waals surface area (Å²) in [6, 6.07) is -0.303. The van der Waals surface area contributed by atoms with E-state index in [4.69, 9.17) is 19.7 Å². The van der Waals surface area contributed by atoms with Gasteiger partial charge in [-0.2, -0.15) is 4.98 Å². The van der Waals surface area contributed by atoms with Gasteiger partial charge in [0.15, 0.2) is 5.82 Å². The monoisotopic (exact) mass is 267 g/mol. The van der Waals surface area contributed by atoms with Crippen LogP contribution in [-0.2, 0) is 9.47 Å². The number of ether oxygens (including phenoxy) is 2. The lowest BCUT2D eigenvalue weighted by atomic mass is 9.96. The molecule has 2 N–H and O–H groups in total. The third kappa shape index (κ3) is 3.13. The molecule has 1 aromatic heterocycles. The summed E-state index contributed by atoms with van der Waals surface area (Å²) < 4.78 is 16.4. The van der Waals surface area contributed by atoms with Gasteiger partial charge in [-0.05, 0) is 32.1 Å². The highest BCUT2D eigenvalue weighted by Gasteiger charge is 2.25. The summed E-state index contributed by atoms with van der Waals surface area (Å²) in [5, 5.41) is 3.97. The van der Waals surface area contributed by atoms with E-state index >= 15 is 0 Å². The molecule has 3 rings (SSSR count). The Hall–Kier alpha value is -0.980. The van der Waals surface area contributed by atoms with Crippen LogP contribution in [0.4, 0.5) is 0 Å². The molecule has 0 radical (unpaired) electrons. The summed E-state index contributed by atoms with van der Waals surface area (Å²) >= 11 is 0. The molecular formula is C13H21N3O3. The van der Waals surface area contributed by atoms with Crippen LogP contribution in [0.15, 0.2) is 4.52 Å². The first-order valence-electron chi connectivity index (χ1n) is 7.11. The van der Waals surface area contributed by atoms with Crippen molar-refractivity contribution in [2.75, 3.05) is 19.8 Å². The maximum atomic E-state index is 6.02. The minimum absolute atomic E-state index is 0.217. The molecule has 1 saturated carbocycles. The van der Waals surface area contributed by atoms with E-state index in [0.717, 1.165) is 32.3 Å². The van der Waals surface area contributed by atoms with E-state index in [1.807, 2.05) is 0 Å². The van der Waals surface area contributed by atoms with Gasteiger partial charge >= 0.3 is 0 Å². The van der Waals surface area contributed by atoms with Gasteiger partial charge in [0.2, 0.25) is 5.89 Å². The number of rotatable bonds is 5. The van der Waals surface area contributed by atoms with E-state index in [2.05, 4.69) is 10.1 Å². The van der Waals surface area contributed by atoms with Crippen LogP contribution in [0.5, 0.6) is 0 Å². The molecule has 0 aromatic carbocycles. The van der Waals surface area contributed by atoms with Gasteiger partial charge in [0.05, 0.1) is 31.3 Å².